The average Bonchev–Trinajstić information content (AvgIpc) is 2.72. The molecule has 2 aromatic heterocycles. The van der Waals surface area contributed by atoms with Crippen molar-refractivity contribution in [2.45, 2.75) is 26.8 Å². The van der Waals surface area contributed by atoms with Crippen molar-refractivity contribution in [3.8, 4) is 0 Å². The highest BCUT2D eigenvalue weighted by molar-refractivity contribution is 7.17. The summed E-state index contributed by atoms with van der Waals surface area (Å²) in [5, 5.41) is 5.60. The number of carbonyl (C=O) groups excluding carboxylic acids is 1. The van der Waals surface area contributed by atoms with E-state index in [1.807, 2.05) is 13.8 Å². The van der Waals surface area contributed by atoms with E-state index in [1.165, 1.54) is 11.3 Å². The van der Waals surface area contributed by atoms with Crippen LogP contribution in [0.5, 0.6) is 0 Å². The number of ether oxygens (including phenoxy) is 1. The van der Waals surface area contributed by atoms with E-state index < -0.39 is 5.97 Å². The number of nitrogens with one attached hydrogen (secondary N) is 1. The van der Waals surface area contributed by atoms with Gasteiger partial charge in [0.25, 0.3) is 0 Å². The molecule has 2 aromatic rings. The topological polar surface area (TPSA) is 64.1 Å². The lowest BCUT2D eigenvalue weighted by molar-refractivity contribution is 0.0529. The zero-order valence-corrected chi connectivity index (χ0v) is 12.4. The van der Waals surface area contributed by atoms with Crippen molar-refractivity contribution in [2.75, 3.05) is 11.9 Å². The number of thiophene rings is 1. The van der Waals surface area contributed by atoms with Gasteiger partial charge in [-0.05, 0) is 20.8 Å². The second kappa shape index (κ2) is 5.71. The predicted molar refractivity (Wildman–Crippen MR) is 77.1 cm³/mol. The fourth-order valence-corrected chi connectivity index (χ4v) is 2.82. The van der Waals surface area contributed by atoms with Gasteiger partial charge in [0.05, 0.1) is 17.6 Å². The minimum Gasteiger partial charge on any atom is -0.462 e. The third-order valence-electron chi connectivity index (χ3n) is 2.30. The van der Waals surface area contributed by atoms with Crippen LogP contribution in [0.1, 0.15) is 31.1 Å². The zero-order valence-electron chi connectivity index (χ0n) is 10.9. The number of fused-ring (bicyclic) bond motifs is 1. The van der Waals surface area contributed by atoms with E-state index in [-0.39, 0.29) is 11.2 Å². The van der Waals surface area contributed by atoms with E-state index in [1.54, 1.807) is 12.3 Å². The van der Waals surface area contributed by atoms with E-state index in [0.717, 1.165) is 0 Å². The Morgan fingerprint density at radius 2 is 2.26 bits per heavy atom. The first kappa shape index (κ1) is 14.0. The first-order chi connectivity index (χ1) is 9.02. The molecular formula is C12H14ClN3O2S. The van der Waals surface area contributed by atoms with Crippen molar-refractivity contribution in [1.29, 1.82) is 0 Å². The van der Waals surface area contributed by atoms with Gasteiger partial charge in [-0.25, -0.2) is 14.8 Å². The molecule has 1 N–H and O–H groups in total. The lowest BCUT2D eigenvalue weighted by Crippen LogP contribution is -2.12. The summed E-state index contributed by atoms with van der Waals surface area (Å²) < 4.78 is 4.98. The largest absolute Gasteiger partial charge is 0.462 e. The van der Waals surface area contributed by atoms with E-state index >= 15 is 0 Å². The number of aromatic nitrogens is 2. The maximum absolute atomic E-state index is 11.8. The summed E-state index contributed by atoms with van der Waals surface area (Å²) in [5.41, 5.74) is 0.419. The van der Waals surface area contributed by atoms with Crippen molar-refractivity contribution >= 4 is 45.1 Å². The minimum absolute atomic E-state index is 0.206. The van der Waals surface area contributed by atoms with Gasteiger partial charge in [0.15, 0.2) is 0 Å². The Kier molecular flexibility index (Phi) is 4.21. The van der Waals surface area contributed by atoms with Crippen LogP contribution in [0.3, 0.4) is 0 Å². The molecule has 102 valence electrons. The molecule has 0 fully saturated rings. The second-order valence-corrected chi connectivity index (χ2v) is 5.40. The average molecular weight is 300 g/mol. The maximum Gasteiger partial charge on any atom is 0.339 e. The van der Waals surface area contributed by atoms with Crippen LogP contribution in [0.2, 0.25) is 5.15 Å². The Morgan fingerprint density at radius 3 is 2.89 bits per heavy atom. The fraction of sp³-hybridized carbons (Fsp3) is 0.417. The highest BCUT2D eigenvalue weighted by Gasteiger charge is 2.18. The van der Waals surface area contributed by atoms with Gasteiger partial charge in [0.1, 0.15) is 9.98 Å². The SMILES string of the molecule is CCOC(=O)c1csc2nc(NC(C)C)nc(Cl)c12. The Labute approximate surface area is 120 Å². The number of rotatable bonds is 4. The van der Waals surface area contributed by atoms with E-state index in [4.69, 9.17) is 16.3 Å². The third kappa shape index (κ3) is 2.96. The van der Waals surface area contributed by atoms with Gasteiger partial charge < -0.3 is 10.1 Å². The fourth-order valence-electron chi connectivity index (χ4n) is 1.58. The molecule has 5 nitrogen and oxygen atoms in total. The van der Waals surface area contributed by atoms with Gasteiger partial charge in [-0.2, -0.15) is 0 Å². The lowest BCUT2D eigenvalue weighted by atomic mass is 10.2. The third-order valence-corrected chi connectivity index (χ3v) is 3.45. The Morgan fingerprint density at radius 1 is 1.53 bits per heavy atom. The molecule has 19 heavy (non-hydrogen) atoms. The predicted octanol–water partition coefficient (Wildman–Crippen LogP) is 3.34. The van der Waals surface area contributed by atoms with Crippen LogP contribution < -0.4 is 5.32 Å². The summed E-state index contributed by atoms with van der Waals surface area (Å²) in [5.74, 6) is 0.0635. The monoisotopic (exact) mass is 299 g/mol. The van der Waals surface area contributed by atoms with Crippen molar-refractivity contribution < 1.29 is 9.53 Å². The highest BCUT2D eigenvalue weighted by Crippen LogP contribution is 2.31. The normalized spacial score (nSPS) is 11.0. The lowest BCUT2D eigenvalue weighted by Gasteiger charge is -2.08. The summed E-state index contributed by atoms with van der Waals surface area (Å²) in [6.07, 6.45) is 0. The minimum atomic E-state index is -0.399. The Bertz CT molecular complexity index is 612. The summed E-state index contributed by atoms with van der Waals surface area (Å²) >= 11 is 7.49. The molecule has 0 unspecified atom stereocenters. The molecule has 2 rings (SSSR count). The molecule has 0 atom stereocenters. The molecule has 2 heterocycles. The van der Waals surface area contributed by atoms with Crippen LogP contribution in [-0.2, 0) is 4.74 Å². The van der Waals surface area contributed by atoms with Crippen LogP contribution in [0.15, 0.2) is 5.38 Å². The number of halogens is 1. The first-order valence-electron chi connectivity index (χ1n) is 5.91. The van der Waals surface area contributed by atoms with E-state index in [0.29, 0.717) is 28.3 Å². The Balaban J connectivity index is 2.46. The standard InChI is InChI=1S/C12H14ClN3O2S/c1-4-18-11(17)7-5-19-10-8(7)9(13)15-12(16-10)14-6(2)3/h5-6H,4H2,1-3H3,(H,14,15,16). The van der Waals surface area contributed by atoms with E-state index in [2.05, 4.69) is 15.3 Å². The molecule has 0 radical (unpaired) electrons. The van der Waals surface area contributed by atoms with Crippen LogP contribution in [0.25, 0.3) is 10.2 Å². The van der Waals surface area contributed by atoms with Gasteiger partial charge in [-0.15, -0.1) is 11.3 Å². The number of esters is 1. The van der Waals surface area contributed by atoms with Gasteiger partial charge in [-0.3, -0.25) is 0 Å². The second-order valence-electron chi connectivity index (χ2n) is 4.19. The van der Waals surface area contributed by atoms with Crippen LogP contribution in [0.4, 0.5) is 5.95 Å². The molecule has 0 amide bonds. The molecule has 7 heteroatoms. The number of carbonyl (C=O) groups is 1. The van der Waals surface area contributed by atoms with Crippen molar-refractivity contribution in [2.24, 2.45) is 0 Å². The van der Waals surface area contributed by atoms with Crippen LogP contribution in [-0.4, -0.2) is 28.6 Å². The summed E-state index contributed by atoms with van der Waals surface area (Å²) in [6.45, 7) is 6.05. The van der Waals surface area contributed by atoms with Crippen molar-refractivity contribution in [3.05, 3.63) is 16.1 Å². The maximum atomic E-state index is 11.8. The summed E-state index contributed by atoms with van der Waals surface area (Å²) in [4.78, 5) is 21.0. The zero-order chi connectivity index (χ0) is 14.0. The molecule has 0 aliphatic rings. The molecule has 0 bridgehead atoms. The molecule has 0 aliphatic carbocycles. The van der Waals surface area contributed by atoms with Gasteiger partial charge in [0, 0.05) is 11.4 Å². The Hall–Kier alpha value is -1.40. The number of hydrogen-bond donors (Lipinski definition) is 1. The van der Waals surface area contributed by atoms with Crippen LogP contribution >= 0.6 is 22.9 Å². The smallest absolute Gasteiger partial charge is 0.339 e. The summed E-state index contributed by atoms with van der Waals surface area (Å²) in [6, 6.07) is 0.206. The van der Waals surface area contributed by atoms with Gasteiger partial charge >= 0.3 is 5.97 Å². The van der Waals surface area contributed by atoms with Crippen molar-refractivity contribution in [1.82, 2.24) is 9.97 Å². The molecule has 0 saturated carbocycles. The summed E-state index contributed by atoms with van der Waals surface area (Å²) in [7, 11) is 0. The molecule has 0 aromatic carbocycles. The molecular weight excluding hydrogens is 286 g/mol. The quantitative estimate of drug-likeness (QED) is 0.693. The number of hydrogen-bond acceptors (Lipinski definition) is 6. The number of nitrogens with zero attached hydrogens (tertiary/aromatic N) is 2. The van der Waals surface area contributed by atoms with Gasteiger partial charge in [0.2, 0.25) is 5.95 Å². The molecule has 0 aliphatic heterocycles. The number of anilines is 1. The highest BCUT2D eigenvalue weighted by atomic mass is 35.5. The van der Waals surface area contributed by atoms with Crippen molar-refractivity contribution in [3.63, 3.8) is 0 Å². The van der Waals surface area contributed by atoms with E-state index in [9.17, 15) is 4.79 Å². The molecule has 0 spiro atoms. The van der Waals surface area contributed by atoms with Crippen LogP contribution in [0, 0.1) is 0 Å². The first-order valence-corrected chi connectivity index (χ1v) is 7.17. The molecule has 0 saturated heterocycles. The van der Waals surface area contributed by atoms with Gasteiger partial charge in [-0.1, -0.05) is 11.6 Å².